The van der Waals surface area contributed by atoms with Crippen LogP contribution in [0.4, 0.5) is 11.4 Å². The van der Waals surface area contributed by atoms with E-state index in [-0.39, 0.29) is 18.1 Å². The second-order valence-corrected chi connectivity index (χ2v) is 5.48. The molecule has 1 heterocycles. The molecule has 0 saturated heterocycles. The Bertz CT molecular complexity index is 395. The van der Waals surface area contributed by atoms with Crippen LogP contribution in [0.25, 0.3) is 0 Å². The van der Waals surface area contributed by atoms with Crippen LogP contribution in [-0.4, -0.2) is 23.8 Å². The van der Waals surface area contributed by atoms with Crippen molar-refractivity contribution in [1.82, 2.24) is 0 Å². The van der Waals surface area contributed by atoms with Crippen LogP contribution in [0.2, 0.25) is 0 Å². The second-order valence-electron chi connectivity index (χ2n) is 5.48. The molecule has 0 spiro atoms. The summed E-state index contributed by atoms with van der Waals surface area (Å²) in [5.74, 6) is 0.217. The minimum atomic E-state index is 0.0620. The molecule has 16 heavy (non-hydrogen) atoms. The molecule has 0 aliphatic carbocycles. The number of hydrogen-bond acceptors (Lipinski definition) is 3. The molecule has 0 aromatic heterocycles. The van der Waals surface area contributed by atoms with Crippen LogP contribution < -0.4 is 10.6 Å². The van der Waals surface area contributed by atoms with E-state index in [1.54, 1.807) is 0 Å². The predicted octanol–water partition coefficient (Wildman–Crippen LogP) is 1.96. The lowest BCUT2D eigenvalue weighted by molar-refractivity contribution is 0.268. The Balaban J connectivity index is 2.47. The summed E-state index contributed by atoms with van der Waals surface area (Å²) in [5, 5.41) is 9.41. The first-order chi connectivity index (χ1) is 7.43. The maximum Gasteiger partial charge on any atom is 0.0517 e. The molecule has 1 aromatic carbocycles. The standard InChI is InChI=1S/C13H20N2O/c1-13(2,3)15-7-9(8-16)11-5-4-10(14)6-12(11)15/h4-6,9,16H,7-8,14H2,1-3H3. The topological polar surface area (TPSA) is 49.5 Å². The first-order valence-corrected chi connectivity index (χ1v) is 5.71. The molecule has 1 atom stereocenters. The van der Waals surface area contributed by atoms with Gasteiger partial charge in [0, 0.05) is 29.4 Å². The van der Waals surface area contributed by atoms with Crippen molar-refractivity contribution in [3.05, 3.63) is 23.8 Å². The molecular weight excluding hydrogens is 200 g/mol. The van der Waals surface area contributed by atoms with Crippen LogP contribution in [0, 0.1) is 0 Å². The first kappa shape index (κ1) is 11.3. The maximum absolute atomic E-state index is 9.41. The molecule has 1 aliphatic rings. The van der Waals surface area contributed by atoms with Crippen molar-refractivity contribution in [2.75, 3.05) is 23.8 Å². The number of anilines is 2. The van der Waals surface area contributed by atoms with Crippen LogP contribution in [0.3, 0.4) is 0 Å². The lowest BCUT2D eigenvalue weighted by atomic mass is 10.0. The van der Waals surface area contributed by atoms with Crippen LogP contribution >= 0.6 is 0 Å². The Kier molecular flexibility index (Phi) is 2.58. The molecular formula is C13H20N2O. The molecule has 2 rings (SSSR count). The van der Waals surface area contributed by atoms with Crippen molar-refractivity contribution in [3.8, 4) is 0 Å². The maximum atomic E-state index is 9.41. The lowest BCUT2D eigenvalue weighted by Gasteiger charge is -2.35. The normalized spacial score (nSPS) is 20.0. The quantitative estimate of drug-likeness (QED) is 0.711. The highest BCUT2D eigenvalue weighted by Crippen LogP contribution is 2.40. The summed E-state index contributed by atoms with van der Waals surface area (Å²) in [7, 11) is 0. The molecule has 0 radical (unpaired) electrons. The monoisotopic (exact) mass is 220 g/mol. The minimum Gasteiger partial charge on any atom is -0.399 e. The van der Waals surface area contributed by atoms with Gasteiger partial charge in [0.15, 0.2) is 0 Å². The Morgan fingerprint density at radius 3 is 2.69 bits per heavy atom. The smallest absolute Gasteiger partial charge is 0.0517 e. The highest BCUT2D eigenvalue weighted by molar-refractivity contribution is 5.67. The van der Waals surface area contributed by atoms with Crippen molar-refractivity contribution in [1.29, 1.82) is 0 Å². The molecule has 3 N–H and O–H groups in total. The number of aliphatic hydroxyl groups is 1. The fraction of sp³-hybridized carbons (Fsp3) is 0.538. The van der Waals surface area contributed by atoms with E-state index in [1.807, 2.05) is 18.2 Å². The van der Waals surface area contributed by atoms with Gasteiger partial charge in [-0.2, -0.15) is 0 Å². The van der Waals surface area contributed by atoms with E-state index in [4.69, 9.17) is 5.73 Å². The summed E-state index contributed by atoms with van der Waals surface area (Å²) in [6, 6.07) is 5.96. The third-order valence-electron chi connectivity index (χ3n) is 3.22. The molecule has 0 amide bonds. The summed E-state index contributed by atoms with van der Waals surface area (Å²) in [6.07, 6.45) is 0. The van der Waals surface area contributed by atoms with Crippen LogP contribution in [-0.2, 0) is 0 Å². The summed E-state index contributed by atoms with van der Waals surface area (Å²) >= 11 is 0. The van der Waals surface area contributed by atoms with Crippen LogP contribution in [0.1, 0.15) is 32.3 Å². The number of aliphatic hydroxyl groups excluding tert-OH is 1. The van der Waals surface area contributed by atoms with Gasteiger partial charge in [0.25, 0.3) is 0 Å². The average molecular weight is 220 g/mol. The van der Waals surface area contributed by atoms with Crippen molar-refractivity contribution >= 4 is 11.4 Å². The van der Waals surface area contributed by atoms with Gasteiger partial charge >= 0.3 is 0 Å². The van der Waals surface area contributed by atoms with Crippen molar-refractivity contribution in [2.24, 2.45) is 0 Å². The average Bonchev–Trinajstić information content (AvgIpc) is 2.54. The van der Waals surface area contributed by atoms with Gasteiger partial charge in [-0.15, -0.1) is 0 Å². The molecule has 88 valence electrons. The van der Waals surface area contributed by atoms with Gasteiger partial charge in [-0.3, -0.25) is 0 Å². The molecule has 1 aromatic rings. The zero-order valence-electron chi connectivity index (χ0n) is 10.2. The molecule has 3 nitrogen and oxygen atoms in total. The summed E-state index contributed by atoms with van der Waals surface area (Å²) < 4.78 is 0. The Morgan fingerprint density at radius 2 is 2.12 bits per heavy atom. The van der Waals surface area contributed by atoms with Crippen molar-refractivity contribution < 1.29 is 5.11 Å². The van der Waals surface area contributed by atoms with Crippen LogP contribution in [0.15, 0.2) is 18.2 Å². The highest BCUT2D eigenvalue weighted by atomic mass is 16.3. The fourth-order valence-electron chi connectivity index (χ4n) is 2.35. The zero-order valence-corrected chi connectivity index (χ0v) is 10.2. The van der Waals surface area contributed by atoms with E-state index in [2.05, 4.69) is 25.7 Å². The summed E-state index contributed by atoms with van der Waals surface area (Å²) in [5.41, 5.74) is 9.07. The molecule has 1 aliphatic heterocycles. The first-order valence-electron chi connectivity index (χ1n) is 5.71. The summed E-state index contributed by atoms with van der Waals surface area (Å²) in [6.45, 7) is 7.61. The SMILES string of the molecule is CC(C)(C)N1CC(CO)c2ccc(N)cc21. The van der Waals surface area contributed by atoms with Gasteiger partial charge in [-0.25, -0.2) is 0 Å². The van der Waals surface area contributed by atoms with Crippen molar-refractivity contribution in [3.63, 3.8) is 0 Å². The number of nitrogens with two attached hydrogens (primary N) is 1. The molecule has 0 saturated carbocycles. The Labute approximate surface area is 96.9 Å². The molecule has 0 fully saturated rings. The number of benzene rings is 1. The van der Waals surface area contributed by atoms with Crippen molar-refractivity contribution in [2.45, 2.75) is 32.2 Å². The van der Waals surface area contributed by atoms with Gasteiger partial charge < -0.3 is 15.7 Å². The van der Waals surface area contributed by atoms with E-state index in [1.165, 1.54) is 11.3 Å². The van der Waals surface area contributed by atoms with Crippen LogP contribution in [0.5, 0.6) is 0 Å². The van der Waals surface area contributed by atoms with Gasteiger partial charge in [0.1, 0.15) is 0 Å². The number of rotatable bonds is 1. The number of fused-ring (bicyclic) bond motifs is 1. The third-order valence-corrected chi connectivity index (χ3v) is 3.22. The molecule has 3 heteroatoms. The van der Waals surface area contributed by atoms with E-state index in [9.17, 15) is 5.11 Å². The van der Waals surface area contributed by atoms with E-state index < -0.39 is 0 Å². The van der Waals surface area contributed by atoms with Gasteiger partial charge in [0.2, 0.25) is 0 Å². The Hall–Kier alpha value is -1.22. The van der Waals surface area contributed by atoms with E-state index >= 15 is 0 Å². The Morgan fingerprint density at radius 1 is 1.44 bits per heavy atom. The lowest BCUT2D eigenvalue weighted by Crippen LogP contribution is -2.40. The predicted molar refractivity (Wildman–Crippen MR) is 67.8 cm³/mol. The largest absolute Gasteiger partial charge is 0.399 e. The highest BCUT2D eigenvalue weighted by Gasteiger charge is 2.34. The minimum absolute atomic E-state index is 0.0620. The number of nitrogens with zero attached hydrogens (tertiary/aromatic N) is 1. The molecule has 0 bridgehead atoms. The zero-order chi connectivity index (χ0) is 11.9. The number of hydrogen-bond donors (Lipinski definition) is 2. The van der Waals surface area contributed by atoms with E-state index in [0.717, 1.165) is 12.2 Å². The third kappa shape index (κ3) is 1.76. The van der Waals surface area contributed by atoms with Gasteiger partial charge in [0.05, 0.1) is 6.61 Å². The van der Waals surface area contributed by atoms with Gasteiger partial charge in [-0.05, 0) is 38.5 Å². The fourth-order valence-corrected chi connectivity index (χ4v) is 2.35. The number of nitrogen functional groups attached to an aromatic ring is 1. The molecule has 1 unspecified atom stereocenters. The van der Waals surface area contributed by atoms with Gasteiger partial charge in [-0.1, -0.05) is 6.07 Å². The summed E-state index contributed by atoms with van der Waals surface area (Å²) in [4.78, 5) is 2.32. The van der Waals surface area contributed by atoms with E-state index in [0.29, 0.717) is 0 Å². The second kappa shape index (κ2) is 3.67.